The number of fused-ring (bicyclic) bond motifs is 1. The number of carbonyl (C=O) groups is 1. The highest BCUT2D eigenvalue weighted by Crippen LogP contribution is 2.33. The van der Waals surface area contributed by atoms with Crippen molar-refractivity contribution in [3.8, 4) is 11.1 Å². The summed E-state index contributed by atoms with van der Waals surface area (Å²) in [5.74, 6) is -2.22. The third-order valence-corrected chi connectivity index (χ3v) is 4.77. The van der Waals surface area contributed by atoms with E-state index in [-0.39, 0.29) is 5.56 Å². The fourth-order valence-electron chi connectivity index (χ4n) is 3.30. The van der Waals surface area contributed by atoms with Gasteiger partial charge in [-0.3, -0.25) is 9.78 Å². The van der Waals surface area contributed by atoms with Gasteiger partial charge in [-0.05, 0) is 53.6 Å². The van der Waals surface area contributed by atoms with Gasteiger partial charge in [0.2, 0.25) is 0 Å². The lowest BCUT2D eigenvalue weighted by atomic mass is 10.0. The molecule has 0 atom stereocenters. The molecular weight excluding hydrogens is 410 g/mol. The number of nitrogens with zero attached hydrogens (tertiary/aromatic N) is 1. The number of alkyl halides is 3. The SMILES string of the molecule is Nc1cccc2c(-c3cccc(NC(=O)c4ccc(F)c(C(F)(F)F)c4)c3)ccnc12. The minimum absolute atomic E-state index is 0.304. The molecule has 3 N–H and O–H groups in total. The van der Waals surface area contributed by atoms with Crippen LogP contribution in [-0.4, -0.2) is 10.9 Å². The molecule has 0 aliphatic rings. The summed E-state index contributed by atoms with van der Waals surface area (Å²) in [5.41, 5.74) is 7.32. The number of nitrogen functional groups attached to an aromatic ring is 1. The number of aromatic nitrogens is 1. The Kier molecular flexibility index (Phi) is 5.06. The minimum Gasteiger partial charge on any atom is -0.397 e. The molecule has 4 aromatic rings. The summed E-state index contributed by atoms with van der Waals surface area (Å²) in [6.45, 7) is 0. The number of carbonyl (C=O) groups excluding carboxylic acids is 1. The average Bonchev–Trinajstić information content (AvgIpc) is 2.73. The number of hydrogen-bond acceptors (Lipinski definition) is 3. The minimum atomic E-state index is -4.90. The highest BCUT2D eigenvalue weighted by Gasteiger charge is 2.34. The van der Waals surface area contributed by atoms with E-state index in [0.717, 1.165) is 22.6 Å². The van der Waals surface area contributed by atoms with E-state index < -0.39 is 23.5 Å². The predicted molar refractivity (Wildman–Crippen MR) is 111 cm³/mol. The highest BCUT2D eigenvalue weighted by molar-refractivity contribution is 6.05. The monoisotopic (exact) mass is 425 g/mol. The van der Waals surface area contributed by atoms with Crippen molar-refractivity contribution in [2.24, 2.45) is 0 Å². The first-order chi connectivity index (χ1) is 14.7. The standard InChI is InChI=1S/C23H15F4N3O/c24-19-8-7-14(12-18(19)23(25,26)27)22(31)30-15-4-1-3-13(11-15)16-9-10-29-21-17(16)5-2-6-20(21)28/h1-12H,28H2,(H,30,31). The van der Waals surface area contributed by atoms with E-state index in [1.54, 1.807) is 42.6 Å². The molecule has 3 aromatic carbocycles. The number of hydrogen-bond donors (Lipinski definition) is 2. The van der Waals surface area contributed by atoms with Crippen LogP contribution in [0.5, 0.6) is 0 Å². The van der Waals surface area contributed by atoms with E-state index in [9.17, 15) is 22.4 Å². The molecule has 8 heteroatoms. The zero-order chi connectivity index (χ0) is 22.2. The van der Waals surface area contributed by atoms with Gasteiger partial charge in [-0.2, -0.15) is 13.2 Å². The topological polar surface area (TPSA) is 68.0 Å². The zero-order valence-electron chi connectivity index (χ0n) is 15.9. The lowest BCUT2D eigenvalue weighted by Gasteiger charge is -2.12. The summed E-state index contributed by atoms with van der Waals surface area (Å²) >= 11 is 0. The van der Waals surface area contributed by atoms with Crippen LogP contribution < -0.4 is 11.1 Å². The number of nitrogens with two attached hydrogens (primary N) is 1. The molecule has 0 saturated heterocycles. The maximum Gasteiger partial charge on any atom is 0.419 e. The molecule has 1 amide bonds. The van der Waals surface area contributed by atoms with Crippen molar-refractivity contribution in [2.75, 3.05) is 11.1 Å². The molecule has 1 aromatic heterocycles. The summed E-state index contributed by atoms with van der Waals surface area (Å²) in [4.78, 5) is 16.8. The Morgan fingerprint density at radius 1 is 0.968 bits per heavy atom. The second-order valence-electron chi connectivity index (χ2n) is 6.83. The Balaban J connectivity index is 1.66. The zero-order valence-corrected chi connectivity index (χ0v) is 15.9. The summed E-state index contributed by atoms with van der Waals surface area (Å²) < 4.78 is 52.3. The molecule has 0 aliphatic carbocycles. The van der Waals surface area contributed by atoms with Crippen LogP contribution in [0.4, 0.5) is 28.9 Å². The molecule has 1 heterocycles. The molecule has 4 rings (SSSR count). The molecule has 0 unspecified atom stereocenters. The number of nitrogens with one attached hydrogen (secondary N) is 1. The van der Waals surface area contributed by atoms with Gasteiger partial charge in [-0.15, -0.1) is 0 Å². The van der Waals surface area contributed by atoms with E-state index in [2.05, 4.69) is 10.3 Å². The molecular formula is C23H15F4N3O. The molecule has 156 valence electrons. The van der Waals surface area contributed by atoms with Crippen molar-refractivity contribution in [3.63, 3.8) is 0 Å². The van der Waals surface area contributed by atoms with Crippen molar-refractivity contribution >= 4 is 28.2 Å². The van der Waals surface area contributed by atoms with E-state index in [1.165, 1.54) is 0 Å². The van der Waals surface area contributed by atoms with Crippen molar-refractivity contribution in [1.29, 1.82) is 0 Å². The van der Waals surface area contributed by atoms with Gasteiger partial charge in [0.1, 0.15) is 5.82 Å². The Morgan fingerprint density at radius 3 is 2.52 bits per heavy atom. The lowest BCUT2D eigenvalue weighted by molar-refractivity contribution is -0.140. The Labute approximate surface area is 174 Å². The van der Waals surface area contributed by atoms with Crippen LogP contribution in [0.3, 0.4) is 0 Å². The van der Waals surface area contributed by atoms with Crippen molar-refractivity contribution in [3.05, 3.63) is 89.9 Å². The van der Waals surface area contributed by atoms with Gasteiger partial charge < -0.3 is 11.1 Å². The Bertz CT molecular complexity index is 1300. The number of para-hydroxylation sites is 1. The van der Waals surface area contributed by atoms with Gasteiger partial charge in [-0.25, -0.2) is 4.39 Å². The smallest absolute Gasteiger partial charge is 0.397 e. The van der Waals surface area contributed by atoms with E-state index >= 15 is 0 Å². The number of benzene rings is 3. The van der Waals surface area contributed by atoms with Crippen LogP contribution in [0.15, 0.2) is 72.9 Å². The van der Waals surface area contributed by atoms with E-state index in [4.69, 9.17) is 5.73 Å². The van der Waals surface area contributed by atoms with Gasteiger partial charge in [-0.1, -0.05) is 24.3 Å². The lowest BCUT2D eigenvalue weighted by Crippen LogP contribution is -2.15. The second kappa shape index (κ2) is 7.71. The molecule has 0 spiro atoms. The predicted octanol–water partition coefficient (Wildman–Crippen LogP) is 5.89. The molecule has 0 aliphatic heterocycles. The molecule has 0 radical (unpaired) electrons. The normalized spacial score (nSPS) is 11.5. The average molecular weight is 425 g/mol. The third-order valence-electron chi connectivity index (χ3n) is 4.77. The van der Waals surface area contributed by atoms with Crippen LogP contribution in [0, 0.1) is 5.82 Å². The molecule has 0 saturated carbocycles. The van der Waals surface area contributed by atoms with E-state index in [0.29, 0.717) is 29.0 Å². The van der Waals surface area contributed by atoms with E-state index in [1.807, 2.05) is 12.1 Å². The summed E-state index contributed by atoms with van der Waals surface area (Å²) in [6.07, 6.45) is -3.28. The second-order valence-corrected chi connectivity index (χ2v) is 6.83. The first-order valence-electron chi connectivity index (χ1n) is 9.16. The van der Waals surface area contributed by atoms with Gasteiger partial charge in [0, 0.05) is 22.8 Å². The van der Waals surface area contributed by atoms with Crippen LogP contribution in [0.25, 0.3) is 22.0 Å². The van der Waals surface area contributed by atoms with Crippen molar-refractivity contribution in [1.82, 2.24) is 4.98 Å². The van der Waals surface area contributed by atoms with Crippen LogP contribution in [0.1, 0.15) is 15.9 Å². The number of halogens is 4. The first-order valence-corrected chi connectivity index (χ1v) is 9.16. The van der Waals surface area contributed by atoms with Crippen molar-refractivity contribution < 1.29 is 22.4 Å². The molecule has 31 heavy (non-hydrogen) atoms. The number of pyridine rings is 1. The van der Waals surface area contributed by atoms with Crippen LogP contribution in [-0.2, 0) is 6.18 Å². The largest absolute Gasteiger partial charge is 0.419 e. The van der Waals surface area contributed by atoms with Crippen molar-refractivity contribution in [2.45, 2.75) is 6.18 Å². The summed E-state index contributed by atoms with van der Waals surface area (Å²) in [7, 11) is 0. The van der Waals surface area contributed by atoms with Gasteiger partial charge in [0.15, 0.2) is 0 Å². The Hall–Kier alpha value is -3.94. The maximum atomic E-state index is 13.5. The number of rotatable bonds is 3. The number of amides is 1. The first kappa shape index (κ1) is 20.3. The van der Waals surface area contributed by atoms with Gasteiger partial charge >= 0.3 is 6.18 Å². The molecule has 4 nitrogen and oxygen atoms in total. The number of anilines is 2. The molecule has 0 bridgehead atoms. The summed E-state index contributed by atoms with van der Waals surface area (Å²) in [5, 5.41) is 3.38. The van der Waals surface area contributed by atoms with Gasteiger partial charge in [0.25, 0.3) is 5.91 Å². The van der Waals surface area contributed by atoms with Gasteiger partial charge in [0.05, 0.1) is 16.8 Å². The fourth-order valence-corrected chi connectivity index (χ4v) is 3.30. The highest BCUT2D eigenvalue weighted by atomic mass is 19.4. The molecule has 0 fully saturated rings. The van der Waals surface area contributed by atoms with Crippen LogP contribution >= 0.6 is 0 Å². The maximum absolute atomic E-state index is 13.5. The third kappa shape index (κ3) is 4.05. The quantitative estimate of drug-likeness (QED) is 0.318. The Morgan fingerprint density at radius 2 is 1.74 bits per heavy atom. The summed E-state index contributed by atoms with van der Waals surface area (Å²) in [6, 6.07) is 16.2. The fraction of sp³-hybridized carbons (Fsp3) is 0.0435. The van der Waals surface area contributed by atoms with Crippen LogP contribution in [0.2, 0.25) is 0 Å².